The fraction of sp³-hybridized carbons (Fsp3) is 0.0435. The lowest BCUT2D eigenvalue weighted by Crippen LogP contribution is -1.78. The highest BCUT2D eigenvalue weighted by Crippen LogP contribution is 2.23. The topological polar surface area (TPSA) is 60.7 Å². The number of rotatable bonds is 0. The first-order valence-electron chi connectivity index (χ1n) is 8.26. The molecule has 134 valence electrons. The Hall–Kier alpha value is -3.00. The fourth-order valence-corrected chi connectivity index (χ4v) is 3.04. The number of phenolic OH excluding ortho intramolecular Hbond substituents is 2. The van der Waals surface area contributed by atoms with E-state index in [-0.39, 0.29) is 12.4 Å². The van der Waals surface area contributed by atoms with Crippen molar-refractivity contribution in [1.82, 2.24) is 0 Å². The summed E-state index contributed by atoms with van der Waals surface area (Å²) in [4.78, 5) is 0. The van der Waals surface area contributed by atoms with Crippen molar-refractivity contribution in [2.24, 2.45) is 0 Å². The van der Waals surface area contributed by atoms with Crippen LogP contribution in [0.4, 0.5) is 0 Å². The molecule has 0 aliphatic carbocycles. The Morgan fingerprint density at radius 1 is 0.667 bits per heavy atom. The predicted molar refractivity (Wildman–Crippen MR) is 113 cm³/mol. The highest BCUT2D eigenvalue weighted by atomic mass is 79.9. The van der Waals surface area contributed by atoms with Crippen LogP contribution in [0.15, 0.2) is 77.3 Å². The maximum atomic E-state index is 9.28. The van der Waals surface area contributed by atoms with Gasteiger partial charge in [-0.2, -0.15) is 0 Å². The van der Waals surface area contributed by atoms with Gasteiger partial charge in [0.25, 0.3) is 0 Å². The van der Waals surface area contributed by atoms with Gasteiger partial charge < -0.3 is 15.3 Å². The molecule has 0 aromatic heterocycles. The Kier molecular flexibility index (Phi) is 5.97. The number of aliphatic hydroxyl groups is 1. The van der Waals surface area contributed by atoms with Crippen LogP contribution in [-0.2, 0) is 0 Å². The molecule has 0 saturated heterocycles. The Bertz CT molecular complexity index is 1120. The van der Waals surface area contributed by atoms with Crippen molar-refractivity contribution in [3.8, 4) is 23.3 Å². The van der Waals surface area contributed by atoms with E-state index in [0.717, 1.165) is 31.6 Å². The Balaban J connectivity index is 0.000000159. The first kappa shape index (κ1) is 18.8. The number of benzene rings is 4. The molecule has 0 fully saturated rings. The molecule has 4 aromatic carbocycles. The maximum Gasteiger partial charge on any atom is 0.116 e. The van der Waals surface area contributed by atoms with Crippen LogP contribution >= 0.6 is 15.9 Å². The smallest absolute Gasteiger partial charge is 0.116 e. The summed E-state index contributed by atoms with van der Waals surface area (Å²) in [5.74, 6) is 6.01. The van der Waals surface area contributed by atoms with Crippen molar-refractivity contribution in [3.63, 3.8) is 0 Å². The van der Waals surface area contributed by atoms with Crippen LogP contribution in [0.3, 0.4) is 0 Å². The van der Waals surface area contributed by atoms with Crippen molar-refractivity contribution >= 4 is 37.5 Å². The van der Waals surface area contributed by atoms with Gasteiger partial charge in [0, 0.05) is 10.0 Å². The van der Waals surface area contributed by atoms with Crippen LogP contribution in [-0.4, -0.2) is 21.9 Å². The number of hydrogen-bond donors (Lipinski definition) is 3. The lowest BCUT2D eigenvalue weighted by molar-refractivity contribution is 0.350. The van der Waals surface area contributed by atoms with E-state index in [0.29, 0.717) is 5.75 Å². The van der Waals surface area contributed by atoms with Crippen LogP contribution in [0.25, 0.3) is 21.5 Å². The summed E-state index contributed by atoms with van der Waals surface area (Å²) in [7, 11) is 0. The van der Waals surface area contributed by atoms with E-state index < -0.39 is 0 Å². The SMILES string of the molecule is OCC#Cc1ccc2cc(O)ccc2c1.Oc1ccc2cc(Br)ccc2c1. The summed E-state index contributed by atoms with van der Waals surface area (Å²) >= 11 is 3.39. The van der Waals surface area contributed by atoms with Crippen LogP contribution in [0.5, 0.6) is 11.5 Å². The zero-order valence-corrected chi connectivity index (χ0v) is 15.9. The van der Waals surface area contributed by atoms with Crippen LogP contribution in [0.2, 0.25) is 0 Å². The van der Waals surface area contributed by atoms with Gasteiger partial charge in [-0.25, -0.2) is 0 Å². The van der Waals surface area contributed by atoms with Crippen molar-refractivity contribution < 1.29 is 15.3 Å². The summed E-state index contributed by atoms with van der Waals surface area (Å²) in [6.45, 7) is -0.131. The fourth-order valence-electron chi connectivity index (χ4n) is 2.66. The quantitative estimate of drug-likeness (QED) is 0.342. The lowest BCUT2D eigenvalue weighted by Gasteiger charge is -1.99. The molecule has 4 rings (SSSR count). The summed E-state index contributed by atoms with van der Waals surface area (Å²) in [6, 6.07) is 22.2. The van der Waals surface area contributed by atoms with E-state index in [1.165, 1.54) is 0 Å². The van der Waals surface area contributed by atoms with Gasteiger partial charge in [0.05, 0.1) is 0 Å². The predicted octanol–water partition coefficient (Wildman–Crippen LogP) is 5.20. The molecule has 3 N–H and O–H groups in total. The molecule has 27 heavy (non-hydrogen) atoms. The third-order valence-corrected chi connectivity index (χ3v) is 4.41. The number of halogens is 1. The largest absolute Gasteiger partial charge is 0.508 e. The van der Waals surface area contributed by atoms with Gasteiger partial charge in [-0.1, -0.05) is 52.0 Å². The second-order valence-corrected chi connectivity index (χ2v) is 6.80. The molecule has 3 nitrogen and oxygen atoms in total. The molecular formula is C23H17BrO3. The molecule has 0 aliphatic heterocycles. The van der Waals surface area contributed by atoms with E-state index in [2.05, 4.69) is 27.8 Å². The molecule has 0 atom stereocenters. The maximum absolute atomic E-state index is 9.28. The Morgan fingerprint density at radius 2 is 1.19 bits per heavy atom. The molecule has 4 aromatic rings. The third-order valence-electron chi connectivity index (χ3n) is 3.92. The minimum Gasteiger partial charge on any atom is -0.508 e. The van der Waals surface area contributed by atoms with E-state index in [1.807, 2.05) is 48.5 Å². The molecule has 0 amide bonds. The number of aliphatic hydroxyl groups excluding tert-OH is 1. The number of aromatic hydroxyl groups is 2. The van der Waals surface area contributed by atoms with Gasteiger partial charge in [0.1, 0.15) is 18.1 Å². The molecule has 0 saturated carbocycles. The second-order valence-electron chi connectivity index (χ2n) is 5.88. The summed E-state index contributed by atoms with van der Waals surface area (Å²) < 4.78 is 1.06. The summed E-state index contributed by atoms with van der Waals surface area (Å²) in [6.07, 6.45) is 0. The highest BCUT2D eigenvalue weighted by Gasteiger charge is 1.96. The van der Waals surface area contributed by atoms with Gasteiger partial charge in [0.2, 0.25) is 0 Å². The molecule has 0 aliphatic rings. The van der Waals surface area contributed by atoms with Crippen LogP contribution in [0.1, 0.15) is 5.56 Å². The van der Waals surface area contributed by atoms with E-state index >= 15 is 0 Å². The third kappa shape index (κ3) is 5.01. The van der Waals surface area contributed by atoms with Gasteiger partial charge in [-0.15, -0.1) is 0 Å². The van der Waals surface area contributed by atoms with Gasteiger partial charge in [0.15, 0.2) is 0 Å². The molecule has 0 bridgehead atoms. The van der Waals surface area contributed by atoms with Crippen molar-refractivity contribution in [2.75, 3.05) is 6.61 Å². The van der Waals surface area contributed by atoms with Gasteiger partial charge in [-0.05, 0) is 70.1 Å². The molecular weight excluding hydrogens is 404 g/mol. The first-order valence-corrected chi connectivity index (χ1v) is 9.05. The average molecular weight is 421 g/mol. The monoisotopic (exact) mass is 420 g/mol. The molecule has 0 unspecified atom stereocenters. The van der Waals surface area contributed by atoms with E-state index in [1.54, 1.807) is 24.3 Å². The molecule has 0 heterocycles. The Labute approximate surface area is 165 Å². The zero-order valence-electron chi connectivity index (χ0n) is 14.4. The molecule has 0 radical (unpaired) electrons. The normalized spacial score (nSPS) is 10.0. The number of fused-ring (bicyclic) bond motifs is 2. The van der Waals surface area contributed by atoms with Gasteiger partial charge >= 0.3 is 0 Å². The lowest BCUT2D eigenvalue weighted by atomic mass is 10.1. The minimum atomic E-state index is -0.131. The first-order chi connectivity index (χ1) is 13.0. The standard InChI is InChI=1S/C13H10O2.C10H7BrO/c14-7-1-2-10-3-4-12-9-13(15)6-5-11(12)8-10;11-9-3-1-8-6-10(12)4-2-7(8)5-9/h3-6,8-9,14-15H,7H2;1-6,12H. The average Bonchev–Trinajstić information content (AvgIpc) is 2.67. The molecule has 0 spiro atoms. The molecule has 4 heteroatoms. The highest BCUT2D eigenvalue weighted by molar-refractivity contribution is 9.10. The second kappa shape index (κ2) is 8.59. The minimum absolute atomic E-state index is 0.131. The van der Waals surface area contributed by atoms with Crippen LogP contribution in [0, 0.1) is 11.8 Å². The number of phenols is 2. The Morgan fingerprint density at radius 3 is 1.81 bits per heavy atom. The zero-order chi connectivity index (χ0) is 19.2. The summed E-state index contributed by atoms with van der Waals surface area (Å²) in [5, 5.41) is 31.2. The van der Waals surface area contributed by atoms with Crippen molar-refractivity contribution in [3.05, 3.63) is 82.8 Å². The van der Waals surface area contributed by atoms with Crippen LogP contribution < -0.4 is 0 Å². The van der Waals surface area contributed by atoms with E-state index in [4.69, 9.17) is 5.11 Å². The van der Waals surface area contributed by atoms with Crippen molar-refractivity contribution in [1.29, 1.82) is 0 Å². The number of hydrogen-bond acceptors (Lipinski definition) is 3. The van der Waals surface area contributed by atoms with E-state index in [9.17, 15) is 10.2 Å². The summed E-state index contributed by atoms with van der Waals surface area (Å²) in [5.41, 5.74) is 0.863. The van der Waals surface area contributed by atoms with Gasteiger partial charge in [-0.3, -0.25) is 0 Å². The van der Waals surface area contributed by atoms with Crippen molar-refractivity contribution in [2.45, 2.75) is 0 Å².